The van der Waals surface area contributed by atoms with Crippen molar-refractivity contribution in [3.05, 3.63) is 35.4 Å². The van der Waals surface area contributed by atoms with Crippen LogP contribution in [0.1, 0.15) is 50.7 Å². The van der Waals surface area contributed by atoms with Gasteiger partial charge in [-0.3, -0.25) is 0 Å². The van der Waals surface area contributed by atoms with Crippen molar-refractivity contribution in [3.8, 4) is 0 Å². The van der Waals surface area contributed by atoms with Crippen molar-refractivity contribution in [2.75, 3.05) is 0 Å². The van der Waals surface area contributed by atoms with Gasteiger partial charge < -0.3 is 5.73 Å². The second-order valence-corrected chi connectivity index (χ2v) is 5.21. The number of nitrogens with two attached hydrogens (primary N) is 1. The highest BCUT2D eigenvalue weighted by molar-refractivity contribution is 5.35. The van der Waals surface area contributed by atoms with E-state index in [-0.39, 0.29) is 5.54 Å². The van der Waals surface area contributed by atoms with E-state index in [1.165, 1.54) is 30.4 Å². The number of rotatable bonds is 2. The summed E-state index contributed by atoms with van der Waals surface area (Å²) in [7, 11) is 0. The maximum atomic E-state index is 6.72. The average molecular weight is 217 g/mol. The monoisotopic (exact) mass is 217 g/mol. The normalized spacial score (nSPS) is 26.9. The van der Waals surface area contributed by atoms with Gasteiger partial charge in [0.1, 0.15) is 0 Å². The second kappa shape index (κ2) is 4.58. The van der Waals surface area contributed by atoms with E-state index in [1.807, 2.05) is 0 Å². The molecule has 0 fully saturated rings. The molecule has 16 heavy (non-hydrogen) atoms. The Balaban J connectivity index is 2.46. The molecular formula is C15H23N. The summed E-state index contributed by atoms with van der Waals surface area (Å²) in [6.07, 6.45) is 6.04. The molecule has 1 heteroatoms. The number of hydrogen-bond donors (Lipinski definition) is 1. The van der Waals surface area contributed by atoms with E-state index in [9.17, 15) is 0 Å². The van der Waals surface area contributed by atoms with Crippen LogP contribution in [0.15, 0.2) is 24.3 Å². The lowest BCUT2D eigenvalue weighted by atomic mass is 9.75. The van der Waals surface area contributed by atoms with E-state index in [0.717, 1.165) is 12.8 Å². The molecule has 0 aliphatic heterocycles. The highest BCUT2D eigenvalue weighted by Gasteiger charge is 2.35. The van der Waals surface area contributed by atoms with Crippen LogP contribution in [-0.2, 0) is 12.0 Å². The zero-order valence-corrected chi connectivity index (χ0v) is 10.5. The molecule has 88 valence electrons. The molecule has 0 saturated heterocycles. The molecule has 1 aromatic rings. The van der Waals surface area contributed by atoms with Gasteiger partial charge in [0.15, 0.2) is 0 Å². The average Bonchev–Trinajstić information content (AvgIpc) is 2.49. The molecule has 0 saturated carbocycles. The highest BCUT2D eigenvalue weighted by atomic mass is 14.8. The Hall–Kier alpha value is -0.820. The summed E-state index contributed by atoms with van der Waals surface area (Å²) in [4.78, 5) is 0. The molecule has 0 heterocycles. The number of aryl methyl sites for hydroxylation is 1. The smallest absolute Gasteiger partial charge is 0.0438 e. The first kappa shape index (κ1) is 11.7. The van der Waals surface area contributed by atoms with Gasteiger partial charge in [-0.15, -0.1) is 0 Å². The number of benzene rings is 1. The van der Waals surface area contributed by atoms with Crippen LogP contribution in [0.25, 0.3) is 0 Å². The molecule has 0 bridgehead atoms. The first-order chi connectivity index (χ1) is 7.68. The van der Waals surface area contributed by atoms with Crippen LogP contribution >= 0.6 is 0 Å². The van der Waals surface area contributed by atoms with Crippen molar-refractivity contribution in [1.82, 2.24) is 0 Å². The molecule has 1 aromatic carbocycles. The fraction of sp³-hybridized carbons (Fsp3) is 0.600. The van der Waals surface area contributed by atoms with E-state index in [2.05, 4.69) is 38.1 Å². The molecule has 1 aliphatic carbocycles. The zero-order chi connectivity index (χ0) is 11.6. The molecule has 0 spiro atoms. The maximum absolute atomic E-state index is 6.72. The largest absolute Gasteiger partial charge is 0.321 e. The fourth-order valence-electron chi connectivity index (χ4n) is 2.94. The van der Waals surface area contributed by atoms with Gasteiger partial charge in [-0.2, -0.15) is 0 Å². The molecule has 2 rings (SSSR count). The summed E-state index contributed by atoms with van der Waals surface area (Å²) in [5, 5.41) is 0. The highest BCUT2D eigenvalue weighted by Crippen LogP contribution is 2.38. The molecule has 0 aromatic heterocycles. The standard InChI is InChI=1S/C15H23N/c1-3-12(2)15(16)11-7-6-9-13-8-4-5-10-14(13)15/h4-5,8,10,12H,3,6-7,9,11,16H2,1-2H3. The Bertz CT molecular complexity index is 358. The van der Waals surface area contributed by atoms with Crippen molar-refractivity contribution in [3.63, 3.8) is 0 Å². The predicted molar refractivity (Wildman–Crippen MR) is 69.3 cm³/mol. The minimum absolute atomic E-state index is 0.0954. The van der Waals surface area contributed by atoms with Gasteiger partial charge in [-0.05, 0) is 36.3 Å². The first-order valence-corrected chi connectivity index (χ1v) is 6.55. The fourth-order valence-corrected chi connectivity index (χ4v) is 2.94. The lowest BCUT2D eigenvalue weighted by Gasteiger charge is -2.36. The van der Waals surface area contributed by atoms with Gasteiger partial charge in [0.2, 0.25) is 0 Å². The maximum Gasteiger partial charge on any atom is 0.0438 e. The van der Waals surface area contributed by atoms with Crippen molar-refractivity contribution in [2.24, 2.45) is 11.7 Å². The molecule has 0 amide bonds. The second-order valence-electron chi connectivity index (χ2n) is 5.21. The minimum atomic E-state index is -0.0954. The van der Waals surface area contributed by atoms with Gasteiger partial charge in [0, 0.05) is 5.54 Å². The van der Waals surface area contributed by atoms with Crippen LogP contribution in [-0.4, -0.2) is 0 Å². The van der Waals surface area contributed by atoms with E-state index in [4.69, 9.17) is 5.73 Å². The van der Waals surface area contributed by atoms with Gasteiger partial charge in [-0.25, -0.2) is 0 Å². The van der Waals surface area contributed by atoms with Crippen molar-refractivity contribution in [1.29, 1.82) is 0 Å². The lowest BCUT2D eigenvalue weighted by Crippen LogP contribution is -2.43. The summed E-state index contributed by atoms with van der Waals surface area (Å²) in [5.74, 6) is 0.562. The quantitative estimate of drug-likeness (QED) is 0.752. The van der Waals surface area contributed by atoms with Gasteiger partial charge in [-0.1, -0.05) is 51.0 Å². The summed E-state index contributed by atoms with van der Waals surface area (Å²) < 4.78 is 0. The van der Waals surface area contributed by atoms with E-state index < -0.39 is 0 Å². The molecule has 0 radical (unpaired) electrons. The summed E-state index contributed by atoms with van der Waals surface area (Å²) in [6, 6.07) is 8.77. The molecule has 1 nitrogen and oxygen atoms in total. The summed E-state index contributed by atoms with van der Waals surface area (Å²) in [5.41, 5.74) is 9.51. The van der Waals surface area contributed by atoms with Crippen LogP contribution in [0, 0.1) is 5.92 Å². The molecule has 1 aliphatic rings. The van der Waals surface area contributed by atoms with E-state index in [0.29, 0.717) is 5.92 Å². The van der Waals surface area contributed by atoms with Crippen molar-refractivity contribution < 1.29 is 0 Å². The third-order valence-electron chi connectivity index (χ3n) is 4.30. The Labute approximate surface area is 99.0 Å². The van der Waals surface area contributed by atoms with Gasteiger partial charge in [0.25, 0.3) is 0 Å². The van der Waals surface area contributed by atoms with E-state index in [1.54, 1.807) is 0 Å². The third-order valence-corrected chi connectivity index (χ3v) is 4.30. The summed E-state index contributed by atoms with van der Waals surface area (Å²) >= 11 is 0. The Kier molecular flexibility index (Phi) is 3.34. The summed E-state index contributed by atoms with van der Waals surface area (Å²) in [6.45, 7) is 4.54. The van der Waals surface area contributed by atoms with Gasteiger partial charge in [0.05, 0.1) is 0 Å². The topological polar surface area (TPSA) is 26.0 Å². The third kappa shape index (κ3) is 1.89. The lowest BCUT2D eigenvalue weighted by molar-refractivity contribution is 0.264. The first-order valence-electron chi connectivity index (χ1n) is 6.55. The molecule has 2 N–H and O–H groups in total. The molecule has 2 unspecified atom stereocenters. The predicted octanol–water partition coefficient (Wildman–Crippen LogP) is 3.61. The van der Waals surface area contributed by atoms with Crippen molar-refractivity contribution in [2.45, 2.75) is 51.5 Å². The van der Waals surface area contributed by atoms with Gasteiger partial charge >= 0.3 is 0 Å². The van der Waals surface area contributed by atoms with Crippen LogP contribution < -0.4 is 5.73 Å². The molecular weight excluding hydrogens is 194 g/mol. The minimum Gasteiger partial charge on any atom is -0.321 e. The van der Waals surface area contributed by atoms with Crippen LogP contribution in [0.3, 0.4) is 0 Å². The Morgan fingerprint density at radius 1 is 1.31 bits per heavy atom. The number of fused-ring (bicyclic) bond motifs is 1. The zero-order valence-electron chi connectivity index (χ0n) is 10.5. The molecule has 2 atom stereocenters. The van der Waals surface area contributed by atoms with Crippen LogP contribution in [0.5, 0.6) is 0 Å². The SMILES string of the molecule is CCC(C)C1(N)CCCCc2ccccc21. The van der Waals surface area contributed by atoms with Crippen molar-refractivity contribution >= 4 is 0 Å². The van der Waals surface area contributed by atoms with Crippen LogP contribution in [0.2, 0.25) is 0 Å². The Morgan fingerprint density at radius 3 is 2.81 bits per heavy atom. The number of hydrogen-bond acceptors (Lipinski definition) is 1. The van der Waals surface area contributed by atoms with E-state index >= 15 is 0 Å². The Morgan fingerprint density at radius 2 is 2.06 bits per heavy atom. The van der Waals surface area contributed by atoms with Crippen LogP contribution in [0.4, 0.5) is 0 Å².